The van der Waals surface area contributed by atoms with E-state index in [1.807, 2.05) is 6.07 Å². The lowest BCUT2D eigenvalue weighted by atomic mass is 9.81. The number of hydrogen-bond acceptors (Lipinski definition) is 3. The maximum atomic E-state index is 12.0. The largest absolute Gasteiger partial charge is 0.497 e. The second kappa shape index (κ2) is 4.08. The van der Waals surface area contributed by atoms with Gasteiger partial charge in [-0.15, -0.1) is 0 Å². The number of fused-ring (bicyclic) bond motifs is 1. The van der Waals surface area contributed by atoms with Gasteiger partial charge in [0, 0.05) is 5.56 Å². The first-order valence-corrected chi connectivity index (χ1v) is 5.35. The third-order valence-electron chi connectivity index (χ3n) is 3.09. The van der Waals surface area contributed by atoms with Gasteiger partial charge in [-0.05, 0) is 43.5 Å². The van der Waals surface area contributed by atoms with Gasteiger partial charge in [-0.3, -0.25) is 9.59 Å². The topological polar surface area (TPSA) is 43.4 Å². The molecule has 1 atom stereocenters. The number of rotatable bonds is 2. The summed E-state index contributed by atoms with van der Waals surface area (Å²) in [7, 11) is 1.60. The van der Waals surface area contributed by atoms with E-state index in [0.29, 0.717) is 12.0 Å². The van der Waals surface area contributed by atoms with Gasteiger partial charge < -0.3 is 4.74 Å². The number of methoxy groups -OCH3 is 1. The van der Waals surface area contributed by atoms with Crippen LogP contribution in [0, 0.1) is 5.92 Å². The molecule has 0 radical (unpaired) electrons. The summed E-state index contributed by atoms with van der Waals surface area (Å²) in [5, 5.41) is 0. The minimum absolute atomic E-state index is 0.0357. The Morgan fingerprint density at radius 1 is 1.44 bits per heavy atom. The van der Waals surface area contributed by atoms with Gasteiger partial charge in [0.05, 0.1) is 13.0 Å². The number of aryl methyl sites for hydroxylation is 1. The Kier molecular flexibility index (Phi) is 2.77. The Morgan fingerprint density at radius 2 is 2.19 bits per heavy atom. The third-order valence-corrected chi connectivity index (χ3v) is 3.09. The van der Waals surface area contributed by atoms with Crippen LogP contribution in [-0.2, 0) is 11.2 Å². The molecule has 0 N–H and O–H groups in total. The molecule has 0 amide bonds. The van der Waals surface area contributed by atoms with Crippen molar-refractivity contribution >= 4 is 11.6 Å². The van der Waals surface area contributed by atoms with Crippen LogP contribution in [0.3, 0.4) is 0 Å². The van der Waals surface area contributed by atoms with E-state index >= 15 is 0 Å². The molecule has 84 valence electrons. The van der Waals surface area contributed by atoms with Gasteiger partial charge in [-0.25, -0.2) is 0 Å². The second-order valence-corrected chi connectivity index (χ2v) is 4.09. The first-order chi connectivity index (χ1) is 7.63. The molecule has 0 fully saturated rings. The quantitative estimate of drug-likeness (QED) is 0.713. The lowest BCUT2D eigenvalue weighted by Gasteiger charge is -2.21. The van der Waals surface area contributed by atoms with Crippen LogP contribution >= 0.6 is 0 Å². The van der Waals surface area contributed by atoms with Crippen LogP contribution in [-0.4, -0.2) is 18.7 Å². The Bertz CT molecular complexity index is 448. The molecule has 0 heterocycles. The molecule has 0 bridgehead atoms. The molecule has 0 aromatic heterocycles. The molecule has 0 unspecified atom stereocenters. The van der Waals surface area contributed by atoms with Crippen molar-refractivity contribution in [2.75, 3.05) is 7.11 Å². The van der Waals surface area contributed by atoms with Crippen LogP contribution in [0.15, 0.2) is 18.2 Å². The Balaban J connectivity index is 2.39. The van der Waals surface area contributed by atoms with Crippen LogP contribution in [0.4, 0.5) is 0 Å². The summed E-state index contributed by atoms with van der Waals surface area (Å²) >= 11 is 0. The van der Waals surface area contributed by atoms with Gasteiger partial charge in [-0.1, -0.05) is 0 Å². The van der Waals surface area contributed by atoms with Gasteiger partial charge in [0.1, 0.15) is 11.5 Å². The molecule has 0 saturated heterocycles. The van der Waals surface area contributed by atoms with Crippen molar-refractivity contribution in [2.45, 2.75) is 19.8 Å². The fraction of sp³-hybridized carbons (Fsp3) is 0.385. The fourth-order valence-corrected chi connectivity index (χ4v) is 2.15. The molecular weight excluding hydrogens is 204 g/mol. The monoisotopic (exact) mass is 218 g/mol. The first-order valence-electron chi connectivity index (χ1n) is 5.35. The van der Waals surface area contributed by atoms with Crippen LogP contribution in [0.2, 0.25) is 0 Å². The standard InChI is InChI=1S/C13H14O3/c1-8(14)11-5-3-9-7-10(16-2)4-6-12(9)13(11)15/h4,6-7,11H,3,5H2,1-2H3/t11-/m1/s1. The summed E-state index contributed by atoms with van der Waals surface area (Å²) in [5.74, 6) is 0.233. The van der Waals surface area contributed by atoms with Crippen LogP contribution in [0.5, 0.6) is 5.75 Å². The summed E-state index contributed by atoms with van der Waals surface area (Å²) in [4.78, 5) is 23.3. The molecule has 1 aliphatic rings. The fourth-order valence-electron chi connectivity index (χ4n) is 2.15. The Hall–Kier alpha value is -1.64. The molecule has 1 aromatic carbocycles. The molecule has 0 saturated carbocycles. The van der Waals surface area contributed by atoms with E-state index in [0.717, 1.165) is 17.7 Å². The average molecular weight is 218 g/mol. The average Bonchev–Trinajstić information content (AvgIpc) is 2.28. The number of carbonyl (C=O) groups excluding carboxylic acids is 2. The Morgan fingerprint density at radius 3 is 2.81 bits per heavy atom. The molecule has 3 heteroatoms. The van der Waals surface area contributed by atoms with E-state index in [4.69, 9.17) is 4.74 Å². The zero-order valence-electron chi connectivity index (χ0n) is 9.45. The van der Waals surface area contributed by atoms with Crippen molar-refractivity contribution in [3.05, 3.63) is 29.3 Å². The lowest BCUT2D eigenvalue weighted by molar-refractivity contribution is -0.119. The van der Waals surface area contributed by atoms with E-state index in [2.05, 4.69) is 0 Å². The van der Waals surface area contributed by atoms with E-state index < -0.39 is 5.92 Å². The van der Waals surface area contributed by atoms with Gasteiger partial charge in [0.2, 0.25) is 0 Å². The summed E-state index contributed by atoms with van der Waals surface area (Å²) in [5.41, 5.74) is 1.66. The van der Waals surface area contributed by atoms with Crippen LogP contribution in [0.25, 0.3) is 0 Å². The number of benzene rings is 1. The SMILES string of the molecule is COc1ccc2c(c1)CC[C@H](C(C)=O)C2=O. The predicted octanol–water partition coefficient (Wildman–Crippen LogP) is 2.03. The highest BCUT2D eigenvalue weighted by atomic mass is 16.5. The summed E-state index contributed by atoms with van der Waals surface area (Å²) in [6.45, 7) is 1.48. The number of ether oxygens (including phenoxy) is 1. The summed E-state index contributed by atoms with van der Waals surface area (Å²) < 4.78 is 5.11. The van der Waals surface area contributed by atoms with Crippen molar-refractivity contribution in [3.8, 4) is 5.75 Å². The first kappa shape index (κ1) is 10.9. The zero-order chi connectivity index (χ0) is 11.7. The summed E-state index contributed by atoms with van der Waals surface area (Å²) in [6, 6.07) is 5.40. The number of carbonyl (C=O) groups is 2. The van der Waals surface area contributed by atoms with Crippen molar-refractivity contribution in [1.82, 2.24) is 0 Å². The highest BCUT2D eigenvalue weighted by Gasteiger charge is 2.30. The number of ketones is 2. The molecule has 0 spiro atoms. The molecule has 16 heavy (non-hydrogen) atoms. The van der Waals surface area contributed by atoms with Crippen molar-refractivity contribution < 1.29 is 14.3 Å². The highest BCUT2D eigenvalue weighted by Crippen LogP contribution is 2.28. The van der Waals surface area contributed by atoms with E-state index in [1.165, 1.54) is 6.92 Å². The summed E-state index contributed by atoms with van der Waals surface area (Å²) in [6.07, 6.45) is 1.39. The van der Waals surface area contributed by atoms with Gasteiger partial charge in [0.25, 0.3) is 0 Å². The number of hydrogen-bond donors (Lipinski definition) is 0. The van der Waals surface area contributed by atoms with Crippen molar-refractivity contribution in [2.24, 2.45) is 5.92 Å². The van der Waals surface area contributed by atoms with Crippen LogP contribution in [0.1, 0.15) is 29.3 Å². The molecule has 3 nitrogen and oxygen atoms in total. The second-order valence-electron chi connectivity index (χ2n) is 4.09. The van der Waals surface area contributed by atoms with E-state index in [9.17, 15) is 9.59 Å². The zero-order valence-corrected chi connectivity index (χ0v) is 9.45. The predicted molar refractivity (Wildman–Crippen MR) is 59.8 cm³/mol. The lowest BCUT2D eigenvalue weighted by Crippen LogP contribution is -2.27. The van der Waals surface area contributed by atoms with Gasteiger partial charge >= 0.3 is 0 Å². The van der Waals surface area contributed by atoms with E-state index in [1.54, 1.807) is 19.2 Å². The molecule has 0 aliphatic heterocycles. The minimum Gasteiger partial charge on any atom is -0.497 e. The minimum atomic E-state index is -0.444. The molecule has 2 rings (SSSR count). The normalized spacial score (nSPS) is 19.1. The molecule has 1 aromatic rings. The van der Waals surface area contributed by atoms with Gasteiger partial charge in [0.15, 0.2) is 5.78 Å². The highest BCUT2D eigenvalue weighted by molar-refractivity contribution is 6.11. The van der Waals surface area contributed by atoms with Gasteiger partial charge in [-0.2, -0.15) is 0 Å². The Labute approximate surface area is 94.4 Å². The van der Waals surface area contributed by atoms with Crippen molar-refractivity contribution in [3.63, 3.8) is 0 Å². The van der Waals surface area contributed by atoms with Crippen molar-refractivity contribution in [1.29, 1.82) is 0 Å². The maximum Gasteiger partial charge on any atom is 0.173 e. The maximum absolute atomic E-state index is 12.0. The van der Waals surface area contributed by atoms with E-state index in [-0.39, 0.29) is 11.6 Å². The molecule has 1 aliphatic carbocycles. The smallest absolute Gasteiger partial charge is 0.173 e. The third kappa shape index (κ3) is 1.73. The van der Waals surface area contributed by atoms with Crippen LogP contribution < -0.4 is 4.74 Å². The molecular formula is C13H14O3. The number of Topliss-reactive ketones (excluding diaryl/α,β-unsaturated/α-hetero) is 2.